The molecule has 0 bridgehead atoms. The minimum absolute atomic E-state index is 0.0441. The van der Waals surface area contributed by atoms with Gasteiger partial charge in [0.25, 0.3) is 0 Å². The zero-order chi connectivity index (χ0) is 16.9. The second-order valence-electron chi connectivity index (χ2n) is 5.64. The number of carbonyl (C=O) groups is 2. The molecule has 2 saturated heterocycles. The average molecular weight is 336 g/mol. The van der Waals surface area contributed by atoms with Crippen molar-refractivity contribution in [1.29, 1.82) is 0 Å². The van der Waals surface area contributed by atoms with Crippen LogP contribution in [0.5, 0.6) is 0 Å². The molecule has 24 heavy (non-hydrogen) atoms. The van der Waals surface area contributed by atoms with E-state index in [2.05, 4.69) is 10.6 Å². The summed E-state index contributed by atoms with van der Waals surface area (Å²) in [6, 6.07) is 5.77. The van der Waals surface area contributed by atoms with E-state index in [0.29, 0.717) is 13.2 Å². The van der Waals surface area contributed by atoms with Gasteiger partial charge in [0.15, 0.2) is 0 Å². The van der Waals surface area contributed by atoms with Crippen molar-refractivity contribution in [2.45, 2.75) is 12.5 Å². The Bertz CT molecular complexity index is 580. The Labute approximate surface area is 139 Å². The maximum Gasteiger partial charge on any atom is 0.338 e. The molecule has 0 aromatic heterocycles. The summed E-state index contributed by atoms with van der Waals surface area (Å²) in [5, 5.41) is 15.4. The SMILES string of the molecule is O=C(O)c1cccc(C(=O)OCC(C2NCCO2)C2NCCO2)c1. The first kappa shape index (κ1) is 16.8. The lowest BCUT2D eigenvalue weighted by atomic mass is 10.1. The third-order valence-electron chi connectivity index (χ3n) is 4.02. The van der Waals surface area contributed by atoms with E-state index in [4.69, 9.17) is 19.3 Å². The normalized spacial score (nSPS) is 24.7. The summed E-state index contributed by atoms with van der Waals surface area (Å²) in [6.45, 7) is 2.78. The Morgan fingerprint density at radius 2 is 1.79 bits per heavy atom. The molecule has 0 amide bonds. The van der Waals surface area contributed by atoms with E-state index in [1.807, 2.05) is 0 Å². The molecule has 2 aliphatic heterocycles. The zero-order valence-electron chi connectivity index (χ0n) is 13.1. The van der Waals surface area contributed by atoms with Crippen molar-refractivity contribution in [2.24, 2.45) is 5.92 Å². The summed E-state index contributed by atoms with van der Waals surface area (Å²) in [6.07, 6.45) is -0.502. The molecule has 0 aliphatic carbocycles. The van der Waals surface area contributed by atoms with E-state index in [9.17, 15) is 9.59 Å². The van der Waals surface area contributed by atoms with Gasteiger partial charge in [-0.05, 0) is 18.2 Å². The van der Waals surface area contributed by atoms with Crippen molar-refractivity contribution in [3.63, 3.8) is 0 Å². The van der Waals surface area contributed by atoms with E-state index in [1.54, 1.807) is 0 Å². The van der Waals surface area contributed by atoms with Crippen LogP contribution in [0.4, 0.5) is 0 Å². The molecular formula is C16H20N2O6. The molecule has 130 valence electrons. The fourth-order valence-corrected chi connectivity index (χ4v) is 2.81. The van der Waals surface area contributed by atoms with Crippen molar-refractivity contribution in [3.05, 3.63) is 35.4 Å². The average Bonchev–Trinajstić information content (AvgIpc) is 3.29. The molecule has 0 radical (unpaired) electrons. The first-order chi connectivity index (χ1) is 11.6. The topological polar surface area (TPSA) is 106 Å². The van der Waals surface area contributed by atoms with Gasteiger partial charge in [-0.15, -0.1) is 0 Å². The van der Waals surface area contributed by atoms with E-state index in [1.165, 1.54) is 24.3 Å². The van der Waals surface area contributed by atoms with Gasteiger partial charge in [0.1, 0.15) is 19.1 Å². The van der Waals surface area contributed by atoms with E-state index in [-0.39, 0.29) is 36.1 Å². The maximum absolute atomic E-state index is 12.2. The molecule has 8 nitrogen and oxygen atoms in total. The second kappa shape index (κ2) is 7.71. The Hall–Kier alpha value is -2.00. The molecule has 8 heteroatoms. The molecule has 3 rings (SSSR count). The predicted molar refractivity (Wildman–Crippen MR) is 82.7 cm³/mol. The van der Waals surface area contributed by atoms with Gasteiger partial charge in [0.05, 0.1) is 30.3 Å². The number of hydrogen-bond acceptors (Lipinski definition) is 7. The van der Waals surface area contributed by atoms with Crippen LogP contribution in [0.15, 0.2) is 24.3 Å². The lowest BCUT2D eigenvalue weighted by Crippen LogP contribution is -2.46. The van der Waals surface area contributed by atoms with Crippen LogP contribution in [-0.4, -0.2) is 62.4 Å². The molecule has 1 aromatic carbocycles. The standard InChI is InChI=1S/C16H20N2O6/c19-15(20)10-2-1-3-11(8-10)16(21)24-9-12(13-17-4-6-22-13)14-18-5-7-23-14/h1-3,8,12-14,17-18H,4-7,9H2,(H,19,20). The fourth-order valence-electron chi connectivity index (χ4n) is 2.81. The molecular weight excluding hydrogens is 316 g/mol. The third kappa shape index (κ3) is 3.90. The summed E-state index contributed by atoms with van der Waals surface area (Å²) in [4.78, 5) is 23.2. The molecule has 0 spiro atoms. The summed E-state index contributed by atoms with van der Waals surface area (Å²) in [5.41, 5.74) is 0.247. The quantitative estimate of drug-likeness (QED) is 0.626. The van der Waals surface area contributed by atoms with Crippen LogP contribution in [0, 0.1) is 5.92 Å². The van der Waals surface area contributed by atoms with E-state index >= 15 is 0 Å². The Morgan fingerprint density at radius 1 is 1.17 bits per heavy atom. The second-order valence-corrected chi connectivity index (χ2v) is 5.64. The van der Waals surface area contributed by atoms with Gasteiger partial charge < -0.3 is 19.3 Å². The number of aromatic carboxylic acids is 1. The highest BCUT2D eigenvalue weighted by atomic mass is 16.6. The Balaban J connectivity index is 1.64. The number of rotatable bonds is 6. The van der Waals surface area contributed by atoms with Gasteiger partial charge in [-0.25, -0.2) is 9.59 Å². The van der Waals surface area contributed by atoms with Crippen molar-refractivity contribution in [2.75, 3.05) is 32.9 Å². The first-order valence-corrected chi connectivity index (χ1v) is 7.85. The van der Waals surface area contributed by atoms with Crippen molar-refractivity contribution >= 4 is 11.9 Å². The van der Waals surface area contributed by atoms with Gasteiger partial charge in [0.2, 0.25) is 0 Å². The monoisotopic (exact) mass is 336 g/mol. The first-order valence-electron chi connectivity index (χ1n) is 7.85. The highest BCUT2D eigenvalue weighted by Gasteiger charge is 2.36. The molecule has 0 saturated carbocycles. The van der Waals surface area contributed by atoms with Crippen LogP contribution in [0.2, 0.25) is 0 Å². The minimum Gasteiger partial charge on any atom is -0.478 e. The predicted octanol–water partition coefficient (Wildman–Crippen LogP) is 0.0496. The highest BCUT2D eigenvalue weighted by Crippen LogP contribution is 2.19. The van der Waals surface area contributed by atoms with Gasteiger partial charge in [0, 0.05) is 13.1 Å². The summed E-state index contributed by atoms with van der Waals surface area (Å²) in [5.74, 6) is -1.85. The molecule has 2 unspecified atom stereocenters. The number of nitrogens with one attached hydrogen (secondary N) is 2. The number of ether oxygens (including phenoxy) is 3. The largest absolute Gasteiger partial charge is 0.478 e. The third-order valence-corrected chi connectivity index (χ3v) is 4.02. The van der Waals surface area contributed by atoms with Gasteiger partial charge in [-0.3, -0.25) is 10.6 Å². The lowest BCUT2D eigenvalue weighted by Gasteiger charge is -2.27. The van der Waals surface area contributed by atoms with Crippen LogP contribution < -0.4 is 10.6 Å². The Morgan fingerprint density at radius 3 is 2.33 bits per heavy atom. The number of carboxylic acids is 1. The molecule has 2 aliphatic rings. The molecule has 1 aromatic rings. The number of esters is 1. The summed E-state index contributed by atoms with van der Waals surface area (Å²) < 4.78 is 16.6. The molecule has 2 heterocycles. The summed E-state index contributed by atoms with van der Waals surface area (Å²) >= 11 is 0. The van der Waals surface area contributed by atoms with Gasteiger partial charge >= 0.3 is 11.9 Å². The van der Waals surface area contributed by atoms with Crippen molar-refractivity contribution in [1.82, 2.24) is 10.6 Å². The number of hydrogen-bond donors (Lipinski definition) is 3. The zero-order valence-corrected chi connectivity index (χ0v) is 13.1. The smallest absolute Gasteiger partial charge is 0.338 e. The minimum atomic E-state index is -1.09. The lowest BCUT2D eigenvalue weighted by molar-refractivity contribution is -0.0584. The molecule has 3 N–H and O–H groups in total. The van der Waals surface area contributed by atoms with E-state index < -0.39 is 11.9 Å². The van der Waals surface area contributed by atoms with Crippen molar-refractivity contribution < 1.29 is 28.9 Å². The molecule has 2 atom stereocenters. The van der Waals surface area contributed by atoms with E-state index in [0.717, 1.165) is 13.1 Å². The number of carbonyl (C=O) groups excluding carboxylic acids is 1. The van der Waals surface area contributed by atoms with Crippen LogP contribution in [0.3, 0.4) is 0 Å². The molecule has 2 fully saturated rings. The van der Waals surface area contributed by atoms with Gasteiger partial charge in [-0.1, -0.05) is 6.07 Å². The Kier molecular flexibility index (Phi) is 5.41. The maximum atomic E-state index is 12.2. The van der Waals surface area contributed by atoms with Crippen LogP contribution in [0.25, 0.3) is 0 Å². The number of carboxylic acid groups (broad SMARTS) is 1. The number of benzene rings is 1. The van der Waals surface area contributed by atoms with Crippen LogP contribution >= 0.6 is 0 Å². The highest BCUT2D eigenvalue weighted by molar-refractivity contribution is 5.94. The van der Waals surface area contributed by atoms with Crippen LogP contribution in [0.1, 0.15) is 20.7 Å². The summed E-state index contributed by atoms with van der Waals surface area (Å²) in [7, 11) is 0. The van der Waals surface area contributed by atoms with Crippen LogP contribution in [-0.2, 0) is 14.2 Å². The van der Waals surface area contributed by atoms with Gasteiger partial charge in [-0.2, -0.15) is 0 Å². The van der Waals surface area contributed by atoms with Crippen molar-refractivity contribution in [3.8, 4) is 0 Å². The fraction of sp³-hybridized carbons (Fsp3) is 0.500.